The topological polar surface area (TPSA) is 93.0 Å². The SMILES string of the molecule is CNc1ncnc(NC(C)C2CCC2)c1[N+](=O)[O-]. The highest BCUT2D eigenvalue weighted by molar-refractivity contribution is 5.69. The largest absolute Gasteiger partial charge is 0.367 e. The van der Waals surface area contributed by atoms with Gasteiger partial charge in [0.05, 0.1) is 4.92 Å². The Labute approximate surface area is 105 Å². The fraction of sp³-hybridized carbons (Fsp3) is 0.636. The minimum absolute atomic E-state index is 0.0915. The highest BCUT2D eigenvalue weighted by Gasteiger charge is 2.28. The zero-order chi connectivity index (χ0) is 13.1. The first-order valence-electron chi connectivity index (χ1n) is 6.07. The molecule has 1 aromatic heterocycles. The van der Waals surface area contributed by atoms with E-state index in [2.05, 4.69) is 20.6 Å². The number of nitrogens with one attached hydrogen (secondary N) is 2. The van der Waals surface area contributed by atoms with Crippen molar-refractivity contribution in [1.29, 1.82) is 0 Å². The van der Waals surface area contributed by atoms with Gasteiger partial charge in [-0.2, -0.15) is 0 Å². The number of nitro groups is 1. The summed E-state index contributed by atoms with van der Waals surface area (Å²) in [6.45, 7) is 2.04. The van der Waals surface area contributed by atoms with Crippen LogP contribution in [0.3, 0.4) is 0 Å². The molecular formula is C11H17N5O2. The first-order chi connectivity index (χ1) is 8.63. The molecule has 7 heteroatoms. The van der Waals surface area contributed by atoms with Crippen molar-refractivity contribution in [3.63, 3.8) is 0 Å². The van der Waals surface area contributed by atoms with Crippen LogP contribution in [0.1, 0.15) is 26.2 Å². The summed E-state index contributed by atoms with van der Waals surface area (Å²) in [7, 11) is 1.61. The molecule has 0 spiro atoms. The van der Waals surface area contributed by atoms with E-state index in [4.69, 9.17) is 0 Å². The van der Waals surface area contributed by atoms with Crippen molar-refractivity contribution in [1.82, 2.24) is 9.97 Å². The van der Waals surface area contributed by atoms with Crippen LogP contribution in [0.2, 0.25) is 0 Å². The number of anilines is 2. The molecule has 7 nitrogen and oxygen atoms in total. The molecule has 0 saturated heterocycles. The van der Waals surface area contributed by atoms with Gasteiger partial charge >= 0.3 is 5.69 Å². The van der Waals surface area contributed by atoms with E-state index in [0.717, 1.165) is 0 Å². The van der Waals surface area contributed by atoms with E-state index < -0.39 is 4.92 Å². The quantitative estimate of drug-likeness (QED) is 0.614. The van der Waals surface area contributed by atoms with Crippen LogP contribution in [0, 0.1) is 16.0 Å². The van der Waals surface area contributed by atoms with Crippen LogP contribution >= 0.6 is 0 Å². The molecular weight excluding hydrogens is 234 g/mol. The molecule has 1 saturated carbocycles. The first kappa shape index (κ1) is 12.5. The van der Waals surface area contributed by atoms with Crippen LogP contribution in [-0.2, 0) is 0 Å². The molecule has 2 rings (SSSR count). The lowest BCUT2D eigenvalue weighted by atomic mass is 9.80. The third kappa shape index (κ3) is 2.34. The van der Waals surface area contributed by atoms with E-state index in [1.54, 1.807) is 7.05 Å². The molecule has 1 heterocycles. The van der Waals surface area contributed by atoms with Crippen LogP contribution in [0.5, 0.6) is 0 Å². The van der Waals surface area contributed by atoms with E-state index in [9.17, 15) is 10.1 Å². The van der Waals surface area contributed by atoms with E-state index in [1.165, 1.54) is 25.6 Å². The van der Waals surface area contributed by atoms with Gasteiger partial charge in [-0.15, -0.1) is 0 Å². The van der Waals surface area contributed by atoms with Crippen LogP contribution in [0.4, 0.5) is 17.3 Å². The number of hydrogen-bond donors (Lipinski definition) is 2. The smallest absolute Gasteiger partial charge is 0.353 e. The highest BCUT2D eigenvalue weighted by atomic mass is 16.6. The molecule has 2 N–H and O–H groups in total. The number of hydrogen-bond acceptors (Lipinski definition) is 6. The van der Waals surface area contributed by atoms with Crippen molar-refractivity contribution < 1.29 is 4.92 Å². The molecule has 1 atom stereocenters. The second kappa shape index (κ2) is 5.16. The van der Waals surface area contributed by atoms with Crippen molar-refractivity contribution in [2.75, 3.05) is 17.7 Å². The van der Waals surface area contributed by atoms with E-state index in [1.807, 2.05) is 6.92 Å². The maximum absolute atomic E-state index is 11.1. The van der Waals surface area contributed by atoms with Gasteiger partial charge in [0.1, 0.15) is 6.33 Å². The highest BCUT2D eigenvalue weighted by Crippen LogP contribution is 2.34. The summed E-state index contributed by atoms with van der Waals surface area (Å²) in [6, 6.07) is 0.192. The summed E-state index contributed by atoms with van der Waals surface area (Å²) >= 11 is 0. The van der Waals surface area contributed by atoms with Gasteiger partial charge in [0, 0.05) is 13.1 Å². The van der Waals surface area contributed by atoms with Gasteiger partial charge in [0.2, 0.25) is 11.6 Å². The third-order valence-electron chi connectivity index (χ3n) is 3.46. The first-order valence-corrected chi connectivity index (χ1v) is 6.07. The van der Waals surface area contributed by atoms with Gasteiger partial charge in [0.15, 0.2) is 0 Å². The molecule has 98 valence electrons. The van der Waals surface area contributed by atoms with Gasteiger partial charge in [-0.3, -0.25) is 10.1 Å². The standard InChI is InChI=1S/C11H17N5O2/c1-7(8-4-3-5-8)15-11-9(16(17)18)10(12-2)13-6-14-11/h6-8H,3-5H2,1-2H3,(H2,12,13,14,15). The van der Waals surface area contributed by atoms with Crippen molar-refractivity contribution in [2.24, 2.45) is 5.92 Å². The Balaban J connectivity index is 2.23. The molecule has 1 aromatic rings. The van der Waals surface area contributed by atoms with Gasteiger partial charge < -0.3 is 10.6 Å². The average molecular weight is 251 g/mol. The summed E-state index contributed by atoms with van der Waals surface area (Å²) < 4.78 is 0. The van der Waals surface area contributed by atoms with E-state index in [-0.39, 0.29) is 17.5 Å². The minimum atomic E-state index is -0.457. The molecule has 18 heavy (non-hydrogen) atoms. The lowest BCUT2D eigenvalue weighted by Gasteiger charge is -2.32. The Hall–Kier alpha value is -1.92. The third-order valence-corrected chi connectivity index (χ3v) is 3.46. The van der Waals surface area contributed by atoms with Crippen LogP contribution in [0.15, 0.2) is 6.33 Å². The zero-order valence-electron chi connectivity index (χ0n) is 10.5. The number of aromatic nitrogens is 2. The second-order valence-electron chi connectivity index (χ2n) is 4.55. The summed E-state index contributed by atoms with van der Waals surface area (Å²) in [4.78, 5) is 18.5. The normalized spacial score (nSPS) is 16.8. The van der Waals surface area contributed by atoms with Crippen LogP contribution in [0.25, 0.3) is 0 Å². The molecule has 0 aliphatic heterocycles. The number of nitrogens with zero attached hydrogens (tertiary/aromatic N) is 3. The Kier molecular flexibility index (Phi) is 3.59. The van der Waals surface area contributed by atoms with Crippen molar-refractivity contribution in [2.45, 2.75) is 32.2 Å². The van der Waals surface area contributed by atoms with E-state index >= 15 is 0 Å². The zero-order valence-corrected chi connectivity index (χ0v) is 10.5. The Morgan fingerprint density at radius 2 is 2.11 bits per heavy atom. The molecule has 1 fully saturated rings. The van der Waals surface area contributed by atoms with Gasteiger partial charge in [-0.25, -0.2) is 9.97 Å². The fourth-order valence-corrected chi connectivity index (χ4v) is 2.11. The molecule has 1 unspecified atom stereocenters. The molecule has 0 amide bonds. The summed E-state index contributed by atoms with van der Waals surface area (Å²) in [5, 5.41) is 16.9. The average Bonchev–Trinajstić information content (AvgIpc) is 2.25. The summed E-state index contributed by atoms with van der Waals surface area (Å²) in [6.07, 6.45) is 4.91. The monoisotopic (exact) mass is 251 g/mol. The van der Waals surface area contributed by atoms with Crippen LogP contribution < -0.4 is 10.6 Å². The molecule has 0 aromatic carbocycles. The lowest BCUT2D eigenvalue weighted by molar-refractivity contribution is -0.383. The van der Waals surface area contributed by atoms with Crippen LogP contribution in [-0.4, -0.2) is 28.0 Å². The van der Waals surface area contributed by atoms with Crippen molar-refractivity contribution in [3.05, 3.63) is 16.4 Å². The second-order valence-corrected chi connectivity index (χ2v) is 4.55. The summed E-state index contributed by atoms with van der Waals surface area (Å²) in [5.41, 5.74) is -0.0915. The lowest BCUT2D eigenvalue weighted by Crippen LogP contribution is -2.31. The molecule has 1 aliphatic carbocycles. The Morgan fingerprint density at radius 1 is 1.44 bits per heavy atom. The fourth-order valence-electron chi connectivity index (χ4n) is 2.11. The molecule has 0 radical (unpaired) electrons. The predicted molar refractivity (Wildman–Crippen MR) is 68.7 cm³/mol. The molecule has 0 bridgehead atoms. The summed E-state index contributed by atoms with van der Waals surface area (Å²) in [5.74, 6) is 1.11. The Morgan fingerprint density at radius 3 is 2.61 bits per heavy atom. The van der Waals surface area contributed by atoms with Crippen molar-refractivity contribution >= 4 is 17.3 Å². The Bertz CT molecular complexity index is 447. The number of rotatable bonds is 5. The predicted octanol–water partition coefficient (Wildman–Crippen LogP) is 2.03. The maximum atomic E-state index is 11.1. The maximum Gasteiger partial charge on any atom is 0.353 e. The minimum Gasteiger partial charge on any atom is -0.367 e. The van der Waals surface area contributed by atoms with Gasteiger partial charge in [0.25, 0.3) is 0 Å². The van der Waals surface area contributed by atoms with Crippen molar-refractivity contribution in [3.8, 4) is 0 Å². The molecule has 1 aliphatic rings. The van der Waals surface area contributed by atoms with E-state index in [0.29, 0.717) is 11.7 Å². The van der Waals surface area contributed by atoms with Gasteiger partial charge in [-0.1, -0.05) is 6.42 Å². The van der Waals surface area contributed by atoms with Gasteiger partial charge in [-0.05, 0) is 25.7 Å².